The molecule has 1 amide bonds. The molecule has 0 aliphatic rings. The summed E-state index contributed by atoms with van der Waals surface area (Å²) in [4.78, 5) is 12.0. The molecule has 2 nitrogen and oxygen atoms in total. The summed E-state index contributed by atoms with van der Waals surface area (Å²) in [5.74, 6) is -0.0281. The van der Waals surface area contributed by atoms with Crippen molar-refractivity contribution in [3.05, 3.63) is 66.8 Å². The number of carbonyl (C=O) groups is 1. The molecule has 0 aliphatic heterocycles. The second-order valence-corrected chi connectivity index (χ2v) is 6.08. The van der Waals surface area contributed by atoms with Gasteiger partial charge in [-0.2, -0.15) is 0 Å². The molecule has 2 aromatic rings. The van der Waals surface area contributed by atoms with E-state index in [9.17, 15) is 4.79 Å². The molecular formula is C14H11I2NO. The first-order valence-electron chi connectivity index (χ1n) is 5.44. The van der Waals surface area contributed by atoms with Crippen molar-refractivity contribution < 1.29 is 4.79 Å². The van der Waals surface area contributed by atoms with Crippen molar-refractivity contribution in [1.82, 2.24) is 5.32 Å². The maximum Gasteiger partial charge on any atom is 0.252 e. The van der Waals surface area contributed by atoms with Gasteiger partial charge in [0, 0.05) is 13.7 Å². The Balaban J connectivity index is 2.06. The minimum absolute atomic E-state index is 0.0281. The molecule has 0 aliphatic carbocycles. The monoisotopic (exact) mass is 463 g/mol. The van der Waals surface area contributed by atoms with Gasteiger partial charge in [0.15, 0.2) is 0 Å². The molecule has 0 saturated heterocycles. The lowest BCUT2D eigenvalue weighted by molar-refractivity contribution is 0.0950. The number of benzene rings is 2. The van der Waals surface area contributed by atoms with Crippen LogP contribution in [0.15, 0.2) is 48.5 Å². The Morgan fingerprint density at radius 1 is 0.944 bits per heavy atom. The zero-order chi connectivity index (χ0) is 13.0. The van der Waals surface area contributed by atoms with Gasteiger partial charge in [-0.25, -0.2) is 0 Å². The predicted octanol–water partition coefficient (Wildman–Crippen LogP) is 3.83. The molecule has 92 valence electrons. The molecule has 4 heteroatoms. The fourth-order valence-electron chi connectivity index (χ4n) is 1.56. The molecule has 0 fully saturated rings. The molecule has 0 bridgehead atoms. The van der Waals surface area contributed by atoms with Crippen molar-refractivity contribution >= 4 is 51.1 Å². The normalized spacial score (nSPS) is 10.1. The third-order valence-electron chi connectivity index (χ3n) is 2.52. The number of rotatable bonds is 3. The Kier molecular flexibility index (Phi) is 4.99. The van der Waals surface area contributed by atoms with Crippen molar-refractivity contribution in [2.45, 2.75) is 6.54 Å². The van der Waals surface area contributed by atoms with Crippen molar-refractivity contribution in [2.24, 2.45) is 0 Å². The van der Waals surface area contributed by atoms with E-state index in [1.54, 1.807) is 0 Å². The van der Waals surface area contributed by atoms with Crippen LogP contribution in [0.2, 0.25) is 0 Å². The average Bonchev–Trinajstić information content (AvgIpc) is 2.38. The summed E-state index contributed by atoms with van der Waals surface area (Å²) < 4.78 is 2.13. The molecule has 0 unspecified atom stereocenters. The lowest BCUT2D eigenvalue weighted by Gasteiger charge is -2.08. The first-order chi connectivity index (χ1) is 8.68. The van der Waals surface area contributed by atoms with Crippen LogP contribution in [0.5, 0.6) is 0 Å². The number of amides is 1. The quantitative estimate of drug-likeness (QED) is 0.690. The van der Waals surface area contributed by atoms with Gasteiger partial charge < -0.3 is 5.32 Å². The van der Waals surface area contributed by atoms with E-state index in [1.807, 2.05) is 48.5 Å². The highest BCUT2D eigenvalue weighted by Gasteiger charge is 2.09. The van der Waals surface area contributed by atoms with Gasteiger partial charge in [-0.05, 0) is 68.9 Å². The third-order valence-corrected chi connectivity index (χ3v) is 4.51. The van der Waals surface area contributed by atoms with E-state index in [0.717, 1.165) is 18.3 Å². The molecule has 1 N–H and O–H groups in total. The molecule has 0 atom stereocenters. The summed E-state index contributed by atoms with van der Waals surface area (Å²) in [5, 5.41) is 2.95. The molecule has 0 saturated carbocycles. The van der Waals surface area contributed by atoms with E-state index in [4.69, 9.17) is 0 Å². The Hall–Kier alpha value is -0.630. The second kappa shape index (κ2) is 6.51. The summed E-state index contributed by atoms with van der Waals surface area (Å²) in [6.45, 7) is 0.558. The van der Waals surface area contributed by atoms with E-state index in [0.29, 0.717) is 6.54 Å². The number of hydrogen-bond acceptors (Lipinski definition) is 1. The van der Waals surface area contributed by atoms with E-state index in [-0.39, 0.29) is 5.91 Å². The van der Waals surface area contributed by atoms with Crippen LogP contribution in [-0.2, 0) is 6.54 Å². The standard InChI is InChI=1S/C14H11I2NO/c15-12-7-3-1-5-10(12)9-17-14(18)11-6-2-4-8-13(11)16/h1-8H,9H2,(H,17,18). The Morgan fingerprint density at radius 2 is 1.56 bits per heavy atom. The number of nitrogens with one attached hydrogen (secondary N) is 1. The first kappa shape index (κ1) is 13.8. The van der Waals surface area contributed by atoms with Crippen LogP contribution in [0, 0.1) is 7.14 Å². The summed E-state index contributed by atoms with van der Waals surface area (Å²) in [6.07, 6.45) is 0. The van der Waals surface area contributed by atoms with Crippen LogP contribution in [0.3, 0.4) is 0 Å². The fourth-order valence-corrected chi connectivity index (χ4v) is 2.77. The lowest BCUT2D eigenvalue weighted by Crippen LogP contribution is -2.24. The largest absolute Gasteiger partial charge is 0.348 e. The number of hydrogen-bond donors (Lipinski definition) is 1. The van der Waals surface area contributed by atoms with Crippen LogP contribution in [-0.4, -0.2) is 5.91 Å². The van der Waals surface area contributed by atoms with Gasteiger partial charge in [-0.15, -0.1) is 0 Å². The zero-order valence-electron chi connectivity index (χ0n) is 9.49. The van der Waals surface area contributed by atoms with E-state index in [2.05, 4.69) is 50.5 Å². The minimum Gasteiger partial charge on any atom is -0.348 e. The molecule has 0 heterocycles. The highest BCUT2D eigenvalue weighted by molar-refractivity contribution is 14.1. The van der Waals surface area contributed by atoms with Crippen LogP contribution in [0.1, 0.15) is 15.9 Å². The lowest BCUT2D eigenvalue weighted by atomic mass is 10.2. The SMILES string of the molecule is O=C(NCc1ccccc1I)c1ccccc1I. The van der Waals surface area contributed by atoms with E-state index < -0.39 is 0 Å². The molecule has 2 aromatic carbocycles. The van der Waals surface area contributed by atoms with E-state index >= 15 is 0 Å². The minimum atomic E-state index is -0.0281. The molecule has 0 spiro atoms. The van der Waals surface area contributed by atoms with Gasteiger partial charge in [-0.3, -0.25) is 4.79 Å². The van der Waals surface area contributed by atoms with Crippen molar-refractivity contribution in [1.29, 1.82) is 0 Å². The highest BCUT2D eigenvalue weighted by Crippen LogP contribution is 2.13. The maximum absolute atomic E-state index is 12.0. The van der Waals surface area contributed by atoms with Crippen LogP contribution in [0.25, 0.3) is 0 Å². The smallest absolute Gasteiger partial charge is 0.252 e. The summed E-state index contributed by atoms with van der Waals surface area (Å²) >= 11 is 4.45. The van der Waals surface area contributed by atoms with Crippen molar-refractivity contribution in [2.75, 3.05) is 0 Å². The third kappa shape index (κ3) is 3.44. The molecule has 0 aromatic heterocycles. The molecular weight excluding hydrogens is 452 g/mol. The maximum atomic E-state index is 12.0. The van der Waals surface area contributed by atoms with Crippen LogP contribution >= 0.6 is 45.2 Å². The summed E-state index contributed by atoms with van der Waals surface area (Å²) in [5.41, 5.74) is 1.86. The van der Waals surface area contributed by atoms with Gasteiger partial charge >= 0.3 is 0 Å². The summed E-state index contributed by atoms with van der Waals surface area (Å²) in [7, 11) is 0. The van der Waals surface area contributed by atoms with Crippen molar-refractivity contribution in [3.63, 3.8) is 0 Å². The van der Waals surface area contributed by atoms with Gasteiger partial charge in [0.25, 0.3) is 5.91 Å². The Morgan fingerprint density at radius 3 is 2.22 bits per heavy atom. The number of carbonyl (C=O) groups excluding carboxylic acids is 1. The number of halogens is 2. The Labute approximate surface area is 133 Å². The van der Waals surface area contributed by atoms with Crippen LogP contribution in [0.4, 0.5) is 0 Å². The van der Waals surface area contributed by atoms with Gasteiger partial charge in [-0.1, -0.05) is 30.3 Å². The van der Waals surface area contributed by atoms with E-state index in [1.165, 1.54) is 0 Å². The highest BCUT2D eigenvalue weighted by atomic mass is 127. The fraction of sp³-hybridized carbons (Fsp3) is 0.0714. The van der Waals surface area contributed by atoms with Gasteiger partial charge in [0.05, 0.1) is 5.56 Å². The second-order valence-electron chi connectivity index (χ2n) is 3.75. The van der Waals surface area contributed by atoms with Crippen LogP contribution < -0.4 is 5.32 Å². The zero-order valence-corrected chi connectivity index (χ0v) is 13.8. The summed E-state index contributed by atoms with van der Waals surface area (Å²) in [6, 6.07) is 15.6. The van der Waals surface area contributed by atoms with Crippen molar-refractivity contribution in [3.8, 4) is 0 Å². The topological polar surface area (TPSA) is 29.1 Å². The predicted molar refractivity (Wildman–Crippen MR) is 89.5 cm³/mol. The van der Waals surface area contributed by atoms with Gasteiger partial charge in [0.1, 0.15) is 0 Å². The average molecular weight is 463 g/mol. The first-order valence-corrected chi connectivity index (χ1v) is 7.60. The van der Waals surface area contributed by atoms with Gasteiger partial charge in [0.2, 0.25) is 0 Å². The molecule has 2 rings (SSSR count). The molecule has 18 heavy (non-hydrogen) atoms. The molecule has 0 radical (unpaired) electrons. The Bertz CT molecular complexity index is 569.